The molecule has 1 aliphatic rings. The van der Waals surface area contributed by atoms with E-state index in [9.17, 15) is 13.2 Å². The Bertz CT molecular complexity index is 1010. The molecule has 0 spiro atoms. The third-order valence-electron chi connectivity index (χ3n) is 5.75. The standard InChI is InChI=1S/C25H35N3O4S/c1-4-32-25(29)24-13-14-33(30,31)28(24)18-22-12-8-11-21(15-22)17-26-23(19-27(2)3)16-20-9-6-5-7-10-20/h5-12,15,23-24,26H,4,13-14,16-19H2,1-3H3/t23-,24?/m0/s1. The molecule has 180 valence electrons. The summed E-state index contributed by atoms with van der Waals surface area (Å²) >= 11 is 0. The van der Waals surface area contributed by atoms with E-state index in [0.717, 1.165) is 24.1 Å². The number of hydrogen-bond donors (Lipinski definition) is 1. The van der Waals surface area contributed by atoms with Crippen LogP contribution in [0.1, 0.15) is 30.0 Å². The van der Waals surface area contributed by atoms with Crippen LogP contribution in [0.2, 0.25) is 0 Å². The number of benzene rings is 2. The van der Waals surface area contributed by atoms with E-state index in [1.165, 1.54) is 9.87 Å². The van der Waals surface area contributed by atoms with Crippen LogP contribution in [0.5, 0.6) is 0 Å². The van der Waals surface area contributed by atoms with E-state index in [1.807, 2.05) is 30.3 Å². The minimum Gasteiger partial charge on any atom is -0.465 e. The van der Waals surface area contributed by atoms with E-state index < -0.39 is 22.0 Å². The first-order valence-electron chi connectivity index (χ1n) is 11.4. The van der Waals surface area contributed by atoms with Crippen molar-refractivity contribution in [3.63, 3.8) is 0 Å². The number of sulfonamides is 1. The number of carbonyl (C=O) groups is 1. The summed E-state index contributed by atoms with van der Waals surface area (Å²) in [5.41, 5.74) is 3.23. The van der Waals surface area contributed by atoms with Gasteiger partial charge in [-0.2, -0.15) is 4.31 Å². The highest BCUT2D eigenvalue weighted by Crippen LogP contribution is 2.25. The summed E-state index contributed by atoms with van der Waals surface area (Å²) in [7, 11) is 0.659. The van der Waals surface area contributed by atoms with E-state index in [2.05, 4.69) is 48.6 Å². The molecular weight excluding hydrogens is 438 g/mol. The molecule has 1 unspecified atom stereocenters. The summed E-state index contributed by atoms with van der Waals surface area (Å²) in [5, 5.41) is 3.65. The minimum absolute atomic E-state index is 0.0244. The molecule has 2 aromatic carbocycles. The molecule has 0 saturated carbocycles. The fourth-order valence-electron chi connectivity index (χ4n) is 4.22. The van der Waals surface area contributed by atoms with Gasteiger partial charge in [-0.3, -0.25) is 4.79 Å². The van der Waals surface area contributed by atoms with Gasteiger partial charge in [0.25, 0.3) is 0 Å². The van der Waals surface area contributed by atoms with Crippen LogP contribution in [0.15, 0.2) is 54.6 Å². The highest BCUT2D eigenvalue weighted by atomic mass is 32.2. The van der Waals surface area contributed by atoms with Gasteiger partial charge < -0.3 is 15.0 Å². The molecule has 1 aliphatic heterocycles. The van der Waals surface area contributed by atoms with E-state index in [0.29, 0.717) is 6.54 Å². The second kappa shape index (κ2) is 11.7. The van der Waals surface area contributed by atoms with Gasteiger partial charge in [0, 0.05) is 25.7 Å². The van der Waals surface area contributed by atoms with Gasteiger partial charge in [-0.25, -0.2) is 8.42 Å². The quantitative estimate of drug-likeness (QED) is 0.505. The number of rotatable bonds is 11. The number of esters is 1. The Balaban J connectivity index is 1.67. The molecule has 0 radical (unpaired) electrons. The summed E-state index contributed by atoms with van der Waals surface area (Å²) in [5.74, 6) is -0.493. The van der Waals surface area contributed by atoms with Gasteiger partial charge in [-0.1, -0.05) is 54.6 Å². The topological polar surface area (TPSA) is 79.0 Å². The summed E-state index contributed by atoms with van der Waals surface area (Å²) in [4.78, 5) is 14.4. The molecule has 8 heteroatoms. The Morgan fingerprint density at radius 1 is 1.12 bits per heavy atom. The SMILES string of the molecule is CCOC(=O)C1CCS(=O)(=O)N1Cc1cccc(CN[C@@H](Cc2ccccc2)CN(C)C)c1. The Hall–Kier alpha value is -2.26. The van der Waals surface area contributed by atoms with E-state index in [4.69, 9.17) is 4.74 Å². The summed E-state index contributed by atoms with van der Waals surface area (Å²) in [6.07, 6.45) is 1.19. The van der Waals surface area contributed by atoms with Crippen molar-refractivity contribution < 1.29 is 17.9 Å². The monoisotopic (exact) mass is 473 g/mol. The fourth-order valence-corrected chi connectivity index (χ4v) is 5.90. The molecule has 2 atom stereocenters. The highest BCUT2D eigenvalue weighted by molar-refractivity contribution is 7.89. The van der Waals surface area contributed by atoms with Crippen LogP contribution in [0.4, 0.5) is 0 Å². The van der Waals surface area contributed by atoms with E-state index in [-0.39, 0.29) is 31.4 Å². The zero-order valence-electron chi connectivity index (χ0n) is 19.7. The van der Waals surface area contributed by atoms with Crippen LogP contribution in [0.3, 0.4) is 0 Å². The van der Waals surface area contributed by atoms with Crippen molar-refractivity contribution in [2.75, 3.05) is 33.0 Å². The maximum atomic E-state index is 12.6. The van der Waals surface area contributed by atoms with Crippen molar-refractivity contribution in [2.24, 2.45) is 0 Å². The van der Waals surface area contributed by atoms with Crippen molar-refractivity contribution in [1.29, 1.82) is 0 Å². The predicted molar refractivity (Wildman–Crippen MR) is 130 cm³/mol. The number of likely N-dealkylation sites (N-methyl/N-ethyl adjacent to an activating group) is 1. The normalized spacial score (nSPS) is 19.0. The van der Waals surface area contributed by atoms with Gasteiger partial charge in [0.2, 0.25) is 10.0 Å². The Morgan fingerprint density at radius 3 is 2.52 bits per heavy atom. The summed E-state index contributed by atoms with van der Waals surface area (Å²) in [6, 6.07) is 17.8. The lowest BCUT2D eigenvalue weighted by atomic mass is 10.0. The van der Waals surface area contributed by atoms with Gasteiger partial charge in [-0.05, 0) is 50.6 Å². The van der Waals surface area contributed by atoms with Crippen molar-refractivity contribution in [3.8, 4) is 0 Å². The Morgan fingerprint density at radius 2 is 1.82 bits per heavy atom. The first-order valence-corrected chi connectivity index (χ1v) is 13.1. The predicted octanol–water partition coefficient (Wildman–Crippen LogP) is 2.42. The molecule has 2 aromatic rings. The van der Waals surface area contributed by atoms with Crippen molar-refractivity contribution in [3.05, 3.63) is 71.3 Å². The lowest BCUT2D eigenvalue weighted by Gasteiger charge is -2.23. The van der Waals surface area contributed by atoms with E-state index >= 15 is 0 Å². The van der Waals surface area contributed by atoms with Crippen LogP contribution in [-0.2, 0) is 39.1 Å². The van der Waals surface area contributed by atoms with Crippen LogP contribution in [0.25, 0.3) is 0 Å². The number of carbonyl (C=O) groups excluding carboxylic acids is 1. The van der Waals surface area contributed by atoms with Gasteiger partial charge in [0.05, 0.1) is 12.4 Å². The van der Waals surface area contributed by atoms with Gasteiger partial charge in [-0.15, -0.1) is 0 Å². The molecule has 1 saturated heterocycles. The third-order valence-corrected chi connectivity index (χ3v) is 7.60. The molecule has 1 N–H and O–H groups in total. The number of nitrogens with zero attached hydrogens (tertiary/aromatic N) is 2. The maximum Gasteiger partial charge on any atom is 0.324 e. The van der Waals surface area contributed by atoms with E-state index in [1.54, 1.807) is 6.92 Å². The molecule has 33 heavy (non-hydrogen) atoms. The van der Waals surface area contributed by atoms with Crippen LogP contribution < -0.4 is 5.32 Å². The molecule has 0 aromatic heterocycles. The highest BCUT2D eigenvalue weighted by Gasteiger charge is 2.42. The smallest absolute Gasteiger partial charge is 0.324 e. The molecule has 0 aliphatic carbocycles. The van der Waals surface area contributed by atoms with Crippen molar-refractivity contribution in [2.45, 2.75) is 44.9 Å². The molecule has 3 rings (SSSR count). The average molecular weight is 474 g/mol. The molecule has 7 nitrogen and oxygen atoms in total. The van der Waals surface area contributed by atoms with Crippen LogP contribution in [0, 0.1) is 0 Å². The maximum absolute atomic E-state index is 12.6. The van der Waals surface area contributed by atoms with Crippen LogP contribution in [-0.4, -0.2) is 68.7 Å². The molecule has 1 heterocycles. The summed E-state index contributed by atoms with van der Waals surface area (Å²) in [6.45, 7) is 3.71. The first kappa shape index (κ1) is 25.4. The first-order chi connectivity index (χ1) is 15.8. The van der Waals surface area contributed by atoms with Gasteiger partial charge >= 0.3 is 5.97 Å². The fraction of sp³-hybridized carbons (Fsp3) is 0.480. The van der Waals surface area contributed by atoms with Gasteiger partial charge in [0.1, 0.15) is 6.04 Å². The Kier molecular flexibility index (Phi) is 9.02. The molecule has 0 amide bonds. The largest absolute Gasteiger partial charge is 0.465 e. The van der Waals surface area contributed by atoms with Gasteiger partial charge in [0.15, 0.2) is 0 Å². The number of hydrogen-bond acceptors (Lipinski definition) is 6. The molecule has 0 bridgehead atoms. The zero-order chi connectivity index (χ0) is 23.8. The second-order valence-corrected chi connectivity index (χ2v) is 10.8. The zero-order valence-corrected chi connectivity index (χ0v) is 20.6. The second-order valence-electron chi connectivity index (χ2n) is 8.77. The lowest BCUT2D eigenvalue weighted by Crippen LogP contribution is -2.39. The summed E-state index contributed by atoms with van der Waals surface area (Å²) < 4.78 is 31.5. The molecule has 1 fully saturated rings. The van der Waals surface area contributed by atoms with Crippen molar-refractivity contribution in [1.82, 2.24) is 14.5 Å². The number of ether oxygens (including phenoxy) is 1. The average Bonchev–Trinajstić information content (AvgIpc) is 3.07. The molecular formula is C25H35N3O4S. The minimum atomic E-state index is -3.47. The Labute approximate surface area is 197 Å². The number of nitrogens with one attached hydrogen (secondary N) is 1. The third kappa shape index (κ3) is 7.37. The van der Waals surface area contributed by atoms with Crippen LogP contribution >= 0.6 is 0 Å². The van der Waals surface area contributed by atoms with Crippen molar-refractivity contribution >= 4 is 16.0 Å². The lowest BCUT2D eigenvalue weighted by molar-refractivity contribution is -0.147.